The molecule has 5 nitrogen and oxygen atoms in total. The first kappa shape index (κ1) is 13.0. The van der Waals surface area contributed by atoms with Gasteiger partial charge in [0.15, 0.2) is 0 Å². The van der Waals surface area contributed by atoms with Crippen molar-refractivity contribution in [3.8, 4) is 0 Å². The number of aliphatic carboxylic acids is 1. The summed E-state index contributed by atoms with van der Waals surface area (Å²) >= 11 is 0. The second kappa shape index (κ2) is 5.48. The molecular weight excluding hydrogens is 244 g/mol. The molecule has 0 aliphatic carbocycles. The molecule has 0 spiro atoms. The lowest BCUT2D eigenvalue weighted by atomic mass is 10.1. The second-order valence-corrected chi connectivity index (χ2v) is 4.15. The maximum Gasteiger partial charge on any atom is 0.326 e. The molecule has 19 heavy (non-hydrogen) atoms. The summed E-state index contributed by atoms with van der Waals surface area (Å²) in [6, 6.07) is 7.96. The molecule has 1 amide bonds. The van der Waals surface area contributed by atoms with Crippen LogP contribution < -0.4 is 5.32 Å². The number of nitrogens with one attached hydrogen (secondary N) is 1. The highest BCUT2D eigenvalue weighted by molar-refractivity contribution is 6.06. The standard InChI is InChI=1S/C14H14N2O3/c1-2-11(14(18)19)16-13(17)10-7-8-15-12-6-4-3-5-9(10)12/h3-8,11H,2H2,1H3,(H,16,17)(H,18,19). The molecule has 0 saturated carbocycles. The largest absolute Gasteiger partial charge is 0.480 e. The normalized spacial score (nSPS) is 12.1. The van der Waals surface area contributed by atoms with Crippen LogP contribution in [0.15, 0.2) is 36.5 Å². The van der Waals surface area contributed by atoms with Crippen molar-refractivity contribution in [2.75, 3.05) is 0 Å². The van der Waals surface area contributed by atoms with Crippen molar-refractivity contribution in [2.45, 2.75) is 19.4 Å². The third-order valence-electron chi connectivity index (χ3n) is 2.91. The number of hydrogen-bond acceptors (Lipinski definition) is 3. The van der Waals surface area contributed by atoms with Crippen molar-refractivity contribution in [1.29, 1.82) is 0 Å². The van der Waals surface area contributed by atoms with Crippen LogP contribution in [0.2, 0.25) is 0 Å². The first-order valence-corrected chi connectivity index (χ1v) is 6.01. The zero-order chi connectivity index (χ0) is 13.8. The Morgan fingerprint density at radius 2 is 2.05 bits per heavy atom. The average Bonchev–Trinajstić information content (AvgIpc) is 2.43. The van der Waals surface area contributed by atoms with Crippen molar-refractivity contribution >= 4 is 22.8 Å². The molecule has 5 heteroatoms. The highest BCUT2D eigenvalue weighted by Gasteiger charge is 2.19. The van der Waals surface area contributed by atoms with Crippen LogP contribution in [0.25, 0.3) is 10.9 Å². The second-order valence-electron chi connectivity index (χ2n) is 4.15. The number of carboxylic acid groups (broad SMARTS) is 1. The molecular formula is C14H14N2O3. The van der Waals surface area contributed by atoms with E-state index in [1.807, 2.05) is 12.1 Å². The van der Waals surface area contributed by atoms with E-state index in [0.717, 1.165) is 0 Å². The van der Waals surface area contributed by atoms with Gasteiger partial charge in [0.2, 0.25) is 0 Å². The highest BCUT2D eigenvalue weighted by Crippen LogP contribution is 2.16. The number of para-hydroxylation sites is 1. The van der Waals surface area contributed by atoms with Gasteiger partial charge in [0, 0.05) is 11.6 Å². The van der Waals surface area contributed by atoms with Gasteiger partial charge < -0.3 is 10.4 Å². The van der Waals surface area contributed by atoms with Crippen molar-refractivity contribution in [3.63, 3.8) is 0 Å². The van der Waals surface area contributed by atoms with Crippen LogP contribution in [-0.4, -0.2) is 28.0 Å². The number of hydrogen-bond donors (Lipinski definition) is 2. The van der Waals surface area contributed by atoms with Gasteiger partial charge in [0.1, 0.15) is 6.04 Å². The molecule has 0 saturated heterocycles. The van der Waals surface area contributed by atoms with Crippen LogP contribution in [0, 0.1) is 0 Å². The summed E-state index contributed by atoms with van der Waals surface area (Å²) in [6.45, 7) is 1.71. The molecule has 1 aromatic heterocycles. The smallest absolute Gasteiger partial charge is 0.326 e. The Morgan fingerprint density at radius 1 is 1.32 bits per heavy atom. The van der Waals surface area contributed by atoms with E-state index in [0.29, 0.717) is 22.9 Å². The number of carboxylic acids is 1. The minimum Gasteiger partial charge on any atom is -0.480 e. The number of benzene rings is 1. The van der Waals surface area contributed by atoms with Gasteiger partial charge in [0.25, 0.3) is 5.91 Å². The molecule has 2 N–H and O–H groups in total. The van der Waals surface area contributed by atoms with Gasteiger partial charge in [-0.25, -0.2) is 4.79 Å². The lowest BCUT2D eigenvalue weighted by Crippen LogP contribution is -2.40. The monoisotopic (exact) mass is 258 g/mol. The fourth-order valence-electron chi connectivity index (χ4n) is 1.87. The van der Waals surface area contributed by atoms with E-state index in [1.54, 1.807) is 31.3 Å². The Balaban J connectivity index is 2.34. The number of nitrogens with zero attached hydrogens (tertiary/aromatic N) is 1. The Kier molecular flexibility index (Phi) is 3.75. The van der Waals surface area contributed by atoms with Crippen LogP contribution in [0.3, 0.4) is 0 Å². The number of carbonyl (C=O) groups excluding carboxylic acids is 1. The lowest BCUT2D eigenvalue weighted by Gasteiger charge is -2.13. The van der Waals surface area contributed by atoms with Crippen molar-refractivity contribution < 1.29 is 14.7 Å². The van der Waals surface area contributed by atoms with Gasteiger partial charge >= 0.3 is 5.97 Å². The van der Waals surface area contributed by atoms with Crippen molar-refractivity contribution in [3.05, 3.63) is 42.1 Å². The minimum absolute atomic E-state index is 0.337. The van der Waals surface area contributed by atoms with E-state index >= 15 is 0 Å². The molecule has 1 unspecified atom stereocenters. The summed E-state index contributed by atoms with van der Waals surface area (Å²) in [4.78, 5) is 27.2. The van der Waals surface area contributed by atoms with E-state index < -0.39 is 17.9 Å². The summed E-state index contributed by atoms with van der Waals surface area (Å²) in [5.41, 5.74) is 1.14. The summed E-state index contributed by atoms with van der Waals surface area (Å²) in [5, 5.41) is 12.2. The Hall–Kier alpha value is -2.43. The fourth-order valence-corrected chi connectivity index (χ4v) is 1.87. The van der Waals surface area contributed by atoms with Gasteiger partial charge in [0.05, 0.1) is 11.1 Å². The first-order valence-electron chi connectivity index (χ1n) is 6.01. The molecule has 0 aliphatic rings. The minimum atomic E-state index is -1.03. The molecule has 0 bridgehead atoms. The van der Waals surface area contributed by atoms with Crippen LogP contribution in [-0.2, 0) is 4.79 Å². The Morgan fingerprint density at radius 3 is 2.74 bits per heavy atom. The Labute approximate surface area is 110 Å². The summed E-state index contributed by atoms with van der Waals surface area (Å²) in [5.74, 6) is -1.43. The topological polar surface area (TPSA) is 79.3 Å². The first-order chi connectivity index (χ1) is 9.13. The summed E-state index contributed by atoms with van der Waals surface area (Å²) in [7, 11) is 0. The van der Waals surface area contributed by atoms with E-state index in [1.165, 1.54) is 0 Å². The molecule has 98 valence electrons. The quantitative estimate of drug-likeness (QED) is 0.876. The van der Waals surface area contributed by atoms with Crippen LogP contribution >= 0.6 is 0 Å². The predicted molar refractivity (Wildman–Crippen MR) is 70.9 cm³/mol. The van der Waals surface area contributed by atoms with Crippen LogP contribution in [0.1, 0.15) is 23.7 Å². The Bertz CT molecular complexity index is 620. The number of aromatic nitrogens is 1. The molecule has 2 aromatic rings. The fraction of sp³-hybridized carbons (Fsp3) is 0.214. The summed E-state index contributed by atoms with van der Waals surface area (Å²) in [6.07, 6.45) is 1.88. The number of rotatable bonds is 4. The van der Waals surface area contributed by atoms with Gasteiger partial charge in [-0.2, -0.15) is 0 Å². The van der Waals surface area contributed by atoms with Crippen LogP contribution in [0.4, 0.5) is 0 Å². The van der Waals surface area contributed by atoms with Gasteiger partial charge in [-0.3, -0.25) is 9.78 Å². The van der Waals surface area contributed by atoms with Gasteiger partial charge in [-0.1, -0.05) is 25.1 Å². The molecule has 0 radical (unpaired) electrons. The molecule has 2 rings (SSSR count). The zero-order valence-electron chi connectivity index (χ0n) is 10.5. The van der Waals surface area contributed by atoms with E-state index in [-0.39, 0.29) is 0 Å². The van der Waals surface area contributed by atoms with Crippen molar-refractivity contribution in [1.82, 2.24) is 10.3 Å². The average molecular weight is 258 g/mol. The van der Waals surface area contributed by atoms with E-state index in [2.05, 4.69) is 10.3 Å². The van der Waals surface area contributed by atoms with E-state index in [9.17, 15) is 9.59 Å². The molecule has 1 aromatic carbocycles. The maximum absolute atomic E-state index is 12.1. The van der Waals surface area contributed by atoms with E-state index in [4.69, 9.17) is 5.11 Å². The van der Waals surface area contributed by atoms with Crippen LogP contribution in [0.5, 0.6) is 0 Å². The maximum atomic E-state index is 12.1. The molecule has 0 fully saturated rings. The number of carbonyl (C=O) groups is 2. The zero-order valence-corrected chi connectivity index (χ0v) is 10.5. The third-order valence-corrected chi connectivity index (χ3v) is 2.91. The molecule has 1 atom stereocenters. The summed E-state index contributed by atoms with van der Waals surface area (Å²) < 4.78 is 0. The highest BCUT2D eigenvalue weighted by atomic mass is 16.4. The lowest BCUT2D eigenvalue weighted by molar-refractivity contribution is -0.139. The van der Waals surface area contributed by atoms with Crippen molar-refractivity contribution in [2.24, 2.45) is 0 Å². The SMILES string of the molecule is CCC(NC(=O)c1ccnc2ccccc12)C(=O)O. The predicted octanol–water partition coefficient (Wildman–Crippen LogP) is 1.83. The van der Waals surface area contributed by atoms with Gasteiger partial charge in [-0.15, -0.1) is 0 Å². The molecule has 0 aliphatic heterocycles. The number of fused-ring (bicyclic) bond motifs is 1. The third kappa shape index (κ3) is 2.70. The van der Waals surface area contributed by atoms with Gasteiger partial charge in [-0.05, 0) is 18.6 Å². The molecule has 1 heterocycles. The number of amides is 1. The number of pyridine rings is 1.